The molecule has 0 unspecified atom stereocenters. The molecule has 7 heteroatoms. The van der Waals surface area contributed by atoms with E-state index in [1.165, 1.54) is 13.2 Å². The van der Waals surface area contributed by atoms with Crippen LogP contribution in [0.15, 0.2) is 17.0 Å². The Bertz CT molecular complexity index is 580. The van der Waals surface area contributed by atoms with Crippen molar-refractivity contribution in [3.8, 4) is 5.75 Å². The average Bonchev–Trinajstić information content (AvgIpc) is 2.31. The lowest BCUT2D eigenvalue weighted by atomic mass is 10.1. The van der Waals surface area contributed by atoms with E-state index in [1.54, 1.807) is 13.0 Å². The maximum Gasteiger partial charge on any atom is 0.304 e. The highest BCUT2D eigenvalue weighted by Crippen LogP contribution is 2.27. The topological polar surface area (TPSA) is 92.7 Å². The van der Waals surface area contributed by atoms with Gasteiger partial charge in [0.2, 0.25) is 10.0 Å². The molecule has 0 bridgehead atoms. The number of sulfonamides is 1. The van der Waals surface area contributed by atoms with E-state index in [0.29, 0.717) is 0 Å². The van der Waals surface area contributed by atoms with Crippen molar-refractivity contribution in [2.24, 2.45) is 0 Å². The fourth-order valence-electron chi connectivity index (χ4n) is 1.50. The van der Waals surface area contributed by atoms with Crippen LogP contribution < -0.4 is 9.46 Å². The van der Waals surface area contributed by atoms with Gasteiger partial charge in [-0.25, -0.2) is 13.1 Å². The summed E-state index contributed by atoms with van der Waals surface area (Å²) >= 11 is 0. The molecule has 0 aliphatic rings. The zero-order chi connectivity index (χ0) is 14.6. The molecular formula is C12H17NO5S. The van der Waals surface area contributed by atoms with Gasteiger partial charge in [-0.1, -0.05) is 0 Å². The van der Waals surface area contributed by atoms with Crippen molar-refractivity contribution in [2.45, 2.75) is 25.2 Å². The van der Waals surface area contributed by atoms with E-state index in [2.05, 4.69) is 4.72 Å². The lowest BCUT2D eigenvalue weighted by molar-refractivity contribution is -0.136. The van der Waals surface area contributed by atoms with E-state index >= 15 is 0 Å². The Kier molecular flexibility index (Phi) is 4.90. The van der Waals surface area contributed by atoms with Crippen LogP contribution in [0.2, 0.25) is 0 Å². The van der Waals surface area contributed by atoms with Crippen LogP contribution >= 0.6 is 0 Å². The van der Waals surface area contributed by atoms with E-state index in [0.717, 1.165) is 11.1 Å². The Morgan fingerprint density at radius 3 is 2.42 bits per heavy atom. The molecule has 106 valence electrons. The van der Waals surface area contributed by atoms with E-state index < -0.39 is 16.0 Å². The second kappa shape index (κ2) is 6.03. The van der Waals surface area contributed by atoms with Crippen molar-refractivity contribution in [3.63, 3.8) is 0 Å². The van der Waals surface area contributed by atoms with Gasteiger partial charge >= 0.3 is 5.97 Å². The third-order valence-corrected chi connectivity index (χ3v) is 4.18. The molecule has 1 aromatic rings. The number of aryl methyl sites for hydroxylation is 2. The van der Waals surface area contributed by atoms with E-state index in [9.17, 15) is 13.2 Å². The first-order valence-corrected chi connectivity index (χ1v) is 7.13. The molecule has 0 aliphatic heterocycles. The summed E-state index contributed by atoms with van der Waals surface area (Å²) in [5.74, 6) is -0.819. The first kappa shape index (κ1) is 15.5. The van der Waals surface area contributed by atoms with Gasteiger partial charge in [0, 0.05) is 6.54 Å². The molecule has 0 spiro atoms. The quantitative estimate of drug-likeness (QED) is 0.816. The normalized spacial score (nSPS) is 11.3. The summed E-state index contributed by atoms with van der Waals surface area (Å²) in [7, 11) is -2.39. The highest BCUT2D eigenvalue weighted by molar-refractivity contribution is 7.89. The largest absolute Gasteiger partial charge is 0.495 e. The second-order valence-electron chi connectivity index (χ2n) is 4.13. The lowest BCUT2D eigenvalue weighted by Crippen LogP contribution is -2.26. The average molecular weight is 287 g/mol. The number of aliphatic carboxylic acids is 1. The van der Waals surface area contributed by atoms with Crippen molar-refractivity contribution >= 4 is 16.0 Å². The molecule has 19 heavy (non-hydrogen) atoms. The fourth-order valence-corrected chi connectivity index (χ4v) is 2.77. The van der Waals surface area contributed by atoms with Gasteiger partial charge in [0.1, 0.15) is 10.6 Å². The molecule has 0 radical (unpaired) electrons. The number of methoxy groups -OCH3 is 1. The number of benzene rings is 1. The minimum Gasteiger partial charge on any atom is -0.495 e. The first-order chi connectivity index (χ1) is 8.77. The molecule has 1 aromatic carbocycles. The predicted octanol–water partition coefficient (Wildman–Crippen LogP) is 1.07. The van der Waals surface area contributed by atoms with E-state index in [-0.39, 0.29) is 23.6 Å². The van der Waals surface area contributed by atoms with Gasteiger partial charge in [-0.15, -0.1) is 0 Å². The maximum atomic E-state index is 12.1. The van der Waals surface area contributed by atoms with Crippen LogP contribution in [0, 0.1) is 13.8 Å². The number of hydrogen-bond acceptors (Lipinski definition) is 4. The van der Waals surface area contributed by atoms with Gasteiger partial charge in [-0.05, 0) is 37.1 Å². The summed E-state index contributed by atoms with van der Waals surface area (Å²) in [5, 5.41) is 8.50. The van der Waals surface area contributed by atoms with Crippen molar-refractivity contribution in [1.82, 2.24) is 4.72 Å². The highest BCUT2D eigenvalue weighted by atomic mass is 32.2. The Morgan fingerprint density at radius 1 is 1.32 bits per heavy atom. The van der Waals surface area contributed by atoms with Crippen LogP contribution in [-0.4, -0.2) is 33.1 Å². The number of carboxylic acid groups (broad SMARTS) is 1. The Morgan fingerprint density at radius 2 is 1.89 bits per heavy atom. The van der Waals surface area contributed by atoms with E-state index in [1.807, 2.05) is 6.92 Å². The number of hydrogen-bond donors (Lipinski definition) is 2. The molecular weight excluding hydrogens is 270 g/mol. The summed E-state index contributed by atoms with van der Waals surface area (Å²) in [5.41, 5.74) is 1.74. The third kappa shape index (κ3) is 3.93. The Balaban J connectivity index is 3.06. The molecule has 0 atom stereocenters. The van der Waals surface area contributed by atoms with Crippen LogP contribution in [0.4, 0.5) is 0 Å². The predicted molar refractivity (Wildman–Crippen MR) is 69.9 cm³/mol. The molecule has 0 saturated heterocycles. The van der Waals surface area contributed by atoms with Crippen molar-refractivity contribution < 1.29 is 23.1 Å². The molecule has 6 nitrogen and oxygen atoms in total. The lowest BCUT2D eigenvalue weighted by Gasteiger charge is -2.12. The van der Waals surface area contributed by atoms with Crippen molar-refractivity contribution in [2.75, 3.05) is 13.7 Å². The van der Waals surface area contributed by atoms with Gasteiger partial charge in [0.05, 0.1) is 13.5 Å². The van der Waals surface area contributed by atoms with Gasteiger partial charge < -0.3 is 9.84 Å². The number of carboxylic acids is 1. The molecule has 2 N–H and O–H groups in total. The zero-order valence-electron chi connectivity index (χ0n) is 11.1. The summed E-state index contributed by atoms with van der Waals surface area (Å²) in [6.07, 6.45) is -0.271. The molecule has 0 aliphatic carbocycles. The van der Waals surface area contributed by atoms with Gasteiger partial charge in [-0.3, -0.25) is 4.79 Å². The highest BCUT2D eigenvalue weighted by Gasteiger charge is 2.20. The maximum absolute atomic E-state index is 12.1. The fraction of sp³-hybridized carbons (Fsp3) is 0.417. The smallest absolute Gasteiger partial charge is 0.304 e. The van der Waals surface area contributed by atoms with Crippen molar-refractivity contribution in [1.29, 1.82) is 0 Å². The monoisotopic (exact) mass is 287 g/mol. The van der Waals surface area contributed by atoms with Crippen LogP contribution in [0.3, 0.4) is 0 Å². The minimum absolute atomic E-state index is 0.0171. The van der Waals surface area contributed by atoms with Gasteiger partial charge in [0.25, 0.3) is 0 Å². The van der Waals surface area contributed by atoms with Crippen LogP contribution in [0.5, 0.6) is 5.75 Å². The summed E-state index contributed by atoms with van der Waals surface area (Å²) < 4.78 is 31.4. The summed E-state index contributed by atoms with van der Waals surface area (Å²) in [6.45, 7) is 3.49. The summed E-state index contributed by atoms with van der Waals surface area (Å²) in [4.78, 5) is 10.4. The first-order valence-electron chi connectivity index (χ1n) is 5.64. The SMILES string of the molecule is COc1cc(C)c(C)cc1S(=O)(=O)NCCC(=O)O. The van der Waals surface area contributed by atoms with Crippen molar-refractivity contribution in [3.05, 3.63) is 23.3 Å². The van der Waals surface area contributed by atoms with Gasteiger partial charge in [-0.2, -0.15) is 0 Å². The minimum atomic E-state index is -3.78. The molecule has 1 rings (SSSR count). The number of carbonyl (C=O) groups is 1. The van der Waals surface area contributed by atoms with Crippen LogP contribution in [-0.2, 0) is 14.8 Å². The second-order valence-corrected chi connectivity index (χ2v) is 5.86. The standard InChI is InChI=1S/C12H17NO5S/c1-8-6-10(18-3)11(7-9(8)2)19(16,17)13-5-4-12(14)15/h6-7,13H,4-5H2,1-3H3,(H,14,15). The zero-order valence-corrected chi connectivity index (χ0v) is 11.9. The molecule has 0 heterocycles. The molecule has 0 aromatic heterocycles. The number of rotatable bonds is 6. The summed E-state index contributed by atoms with van der Waals surface area (Å²) in [6, 6.07) is 3.15. The third-order valence-electron chi connectivity index (χ3n) is 2.70. The molecule has 0 amide bonds. The van der Waals surface area contributed by atoms with Crippen LogP contribution in [0.25, 0.3) is 0 Å². The van der Waals surface area contributed by atoms with Crippen LogP contribution in [0.1, 0.15) is 17.5 Å². The van der Waals surface area contributed by atoms with E-state index in [4.69, 9.17) is 9.84 Å². The Hall–Kier alpha value is -1.60. The molecule has 0 saturated carbocycles. The molecule has 0 fully saturated rings. The Labute approximate surface area is 112 Å². The van der Waals surface area contributed by atoms with Gasteiger partial charge in [0.15, 0.2) is 0 Å². The number of nitrogens with one attached hydrogen (secondary N) is 1. The number of ether oxygens (including phenoxy) is 1.